The standard InChI is InChI=1S/C26H39N5O3/c1-26(2,3)22-9-7-20(8-10-22)24-28-23(34-29-24)19-31-12-4-6-21(18-31)25(32)27-11-5-13-30-14-16-33-17-15-30/h7-10,21H,4-6,11-19H2,1-3H3,(H,27,32). The second-order valence-corrected chi connectivity index (χ2v) is 10.5. The second-order valence-electron chi connectivity index (χ2n) is 10.5. The summed E-state index contributed by atoms with van der Waals surface area (Å²) in [5, 5.41) is 7.32. The van der Waals surface area contributed by atoms with E-state index in [4.69, 9.17) is 9.26 Å². The molecule has 1 aromatic carbocycles. The van der Waals surface area contributed by atoms with E-state index in [0.717, 1.165) is 77.3 Å². The summed E-state index contributed by atoms with van der Waals surface area (Å²) in [6.07, 6.45) is 2.91. The minimum absolute atomic E-state index is 0.0180. The van der Waals surface area contributed by atoms with E-state index in [1.165, 1.54) is 5.56 Å². The van der Waals surface area contributed by atoms with E-state index >= 15 is 0 Å². The van der Waals surface area contributed by atoms with Crippen LogP contribution in [0.15, 0.2) is 28.8 Å². The van der Waals surface area contributed by atoms with Crippen LogP contribution in [0.3, 0.4) is 0 Å². The van der Waals surface area contributed by atoms with E-state index in [1.807, 2.05) is 0 Å². The number of amides is 1. The lowest BCUT2D eigenvalue weighted by atomic mass is 9.87. The van der Waals surface area contributed by atoms with Gasteiger partial charge in [-0.15, -0.1) is 0 Å². The van der Waals surface area contributed by atoms with Crippen molar-refractivity contribution in [1.29, 1.82) is 0 Å². The first-order valence-electron chi connectivity index (χ1n) is 12.6. The fourth-order valence-corrected chi connectivity index (χ4v) is 4.64. The van der Waals surface area contributed by atoms with Crippen molar-refractivity contribution in [2.75, 3.05) is 52.5 Å². The highest BCUT2D eigenvalue weighted by Gasteiger charge is 2.27. The molecule has 0 bridgehead atoms. The molecule has 4 rings (SSSR count). The largest absolute Gasteiger partial charge is 0.379 e. The van der Waals surface area contributed by atoms with Gasteiger partial charge in [0.1, 0.15) is 0 Å². The van der Waals surface area contributed by atoms with Crippen molar-refractivity contribution in [3.8, 4) is 11.4 Å². The van der Waals surface area contributed by atoms with Gasteiger partial charge in [0.25, 0.3) is 0 Å². The van der Waals surface area contributed by atoms with E-state index in [2.05, 4.69) is 70.3 Å². The highest BCUT2D eigenvalue weighted by atomic mass is 16.5. The van der Waals surface area contributed by atoms with Crippen molar-refractivity contribution in [3.63, 3.8) is 0 Å². The average molecular weight is 470 g/mol. The summed E-state index contributed by atoms with van der Waals surface area (Å²) in [5.74, 6) is 1.39. The zero-order chi connectivity index (χ0) is 24.0. The third-order valence-electron chi connectivity index (χ3n) is 6.77. The topological polar surface area (TPSA) is 83.7 Å². The predicted octanol–water partition coefficient (Wildman–Crippen LogP) is 3.08. The van der Waals surface area contributed by atoms with Crippen molar-refractivity contribution in [2.24, 2.45) is 5.92 Å². The van der Waals surface area contributed by atoms with Crippen LogP contribution in [0.4, 0.5) is 0 Å². The molecule has 0 spiro atoms. The summed E-state index contributed by atoms with van der Waals surface area (Å²) in [4.78, 5) is 22.0. The summed E-state index contributed by atoms with van der Waals surface area (Å²) in [6, 6.07) is 8.35. The van der Waals surface area contributed by atoms with Crippen LogP contribution in [-0.4, -0.2) is 78.3 Å². The number of carbonyl (C=O) groups is 1. The van der Waals surface area contributed by atoms with Gasteiger partial charge in [0.05, 0.1) is 25.7 Å². The van der Waals surface area contributed by atoms with Crippen molar-refractivity contribution in [1.82, 2.24) is 25.3 Å². The maximum atomic E-state index is 12.7. The molecule has 1 N–H and O–H groups in total. The third kappa shape index (κ3) is 6.87. The molecule has 1 amide bonds. The number of nitrogens with zero attached hydrogens (tertiary/aromatic N) is 4. The molecule has 3 heterocycles. The maximum Gasteiger partial charge on any atom is 0.241 e. The second kappa shape index (κ2) is 11.4. The quantitative estimate of drug-likeness (QED) is 0.595. The first kappa shape index (κ1) is 24.8. The van der Waals surface area contributed by atoms with E-state index in [1.54, 1.807) is 0 Å². The molecule has 186 valence electrons. The molecule has 0 saturated carbocycles. The van der Waals surface area contributed by atoms with E-state index < -0.39 is 0 Å². The van der Waals surface area contributed by atoms with Crippen LogP contribution < -0.4 is 5.32 Å². The highest BCUT2D eigenvalue weighted by Crippen LogP contribution is 2.25. The Balaban J connectivity index is 1.23. The number of carbonyl (C=O) groups excluding carboxylic acids is 1. The summed E-state index contributed by atoms with van der Waals surface area (Å²) in [5.41, 5.74) is 2.34. The monoisotopic (exact) mass is 469 g/mol. The highest BCUT2D eigenvalue weighted by molar-refractivity contribution is 5.78. The molecule has 1 aromatic heterocycles. The summed E-state index contributed by atoms with van der Waals surface area (Å²) >= 11 is 0. The number of hydrogen-bond acceptors (Lipinski definition) is 7. The Kier molecular flexibility index (Phi) is 8.34. The first-order valence-corrected chi connectivity index (χ1v) is 12.6. The summed E-state index contributed by atoms with van der Waals surface area (Å²) in [7, 11) is 0. The van der Waals surface area contributed by atoms with Gasteiger partial charge in [-0.2, -0.15) is 4.98 Å². The van der Waals surface area contributed by atoms with Crippen LogP contribution in [0, 0.1) is 5.92 Å². The molecule has 2 fully saturated rings. The van der Waals surface area contributed by atoms with Gasteiger partial charge < -0.3 is 14.6 Å². The van der Waals surface area contributed by atoms with Crippen molar-refractivity contribution in [3.05, 3.63) is 35.7 Å². The zero-order valence-corrected chi connectivity index (χ0v) is 20.9. The number of likely N-dealkylation sites (tertiary alicyclic amines) is 1. The van der Waals surface area contributed by atoms with Gasteiger partial charge in [-0.25, -0.2) is 0 Å². The number of nitrogens with one attached hydrogen (secondary N) is 1. The molecule has 2 aromatic rings. The molecular weight excluding hydrogens is 430 g/mol. The molecule has 2 aliphatic heterocycles. The molecule has 1 atom stereocenters. The minimum Gasteiger partial charge on any atom is -0.379 e. The Morgan fingerprint density at radius 2 is 1.88 bits per heavy atom. The number of rotatable bonds is 8. The minimum atomic E-state index is 0.0180. The van der Waals surface area contributed by atoms with Crippen LogP contribution in [-0.2, 0) is 21.5 Å². The predicted molar refractivity (Wildman–Crippen MR) is 131 cm³/mol. The lowest BCUT2D eigenvalue weighted by Gasteiger charge is -2.31. The van der Waals surface area contributed by atoms with E-state index in [0.29, 0.717) is 18.3 Å². The van der Waals surface area contributed by atoms with Gasteiger partial charge >= 0.3 is 0 Å². The smallest absolute Gasteiger partial charge is 0.241 e. The lowest BCUT2D eigenvalue weighted by molar-refractivity contribution is -0.126. The average Bonchev–Trinajstić information content (AvgIpc) is 3.30. The first-order chi connectivity index (χ1) is 16.4. The molecular formula is C26H39N5O3. The normalized spacial score (nSPS) is 20.4. The van der Waals surface area contributed by atoms with Crippen molar-refractivity contribution < 1.29 is 14.1 Å². The van der Waals surface area contributed by atoms with Gasteiger partial charge in [-0.3, -0.25) is 14.6 Å². The fourth-order valence-electron chi connectivity index (χ4n) is 4.64. The molecule has 8 nitrogen and oxygen atoms in total. The van der Waals surface area contributed by atoms with Crippen LogP contribution in [0.25, 0.3) is 11.4 Å². The molecule has 1 unspecified atom stereocenters. The van der Waals surface area contributed by atoms with Crippen molar-refractivity contribution >= 4 is 5.91 Å². The Bertz CT molecular complexity index is 915. The van der Waals surface area contributed by atoms with Gasteiger partial charge in [-0.1, -0.05) is 50.2 Å². The molecule has 2 saturated heterocycles. The Hall–Kier alpha value is -2.29. The van der Waals surface area contributed by atoms with Gasteiger partial charge in [0.15, 0.2) is 0 Å². The van der Waals surface area contributed by atoms with Crippen LogP contribution in [0.5, 0.6) is 0 Å². The van der Waals surface area contributed by atoms with Crippen LogP contribution in [0.1, 0.15) is 51.5 Å². The summed E-state index contributed by atoms with van der Waals surface area (Å²) in [6.45, 7) is 14.2. The molecule has 34 heavy (non-hydrogen) atoms. The number of hydrogen-bond donors (Lipinski definition) is 1. The number of benzene rings is 1. The SMILES string of the molecule is CC(C)(C)c1ccc(-c2noc(CN3CCCC(C(=O)NCCCN4CCOCC4)C3)n2)cc1. The van der Waals surface area contributed by atoms with Crippen LogP contribution in [0.2, 0.25) is 0 Å². The van der Waals surface area contributed by atoms with Gasteiger partial charge in [0.2, 0.25) is 17.6 Å². The van der Waals surface area contributed by atoms with Gasteiger partial charge in [0, 0.05) is 31.7 Å². The Labute approximate surface area is 203 Å². The molecule has 0 aliphatic carbocycles. The zero-order valence-electron chi connectivity index (χ0n) is 20.9. The third-order valence-corrected chi connectivity index (χ3v) is 6.77. The number of aromatic nitrogens is 2. The number of ether oxygens (including phenoxy) is 1. The van der Waals surface area contributed by atoms with E-state index in [-0.39, 0.29) is 17.2 Å². The molecule has 0 radical (unpaired) electrons. The van der Waals surface area contributed by atoms with Crippen LogP contribution >= 0.6 is 0 Å². The summed E-state index contributed by atoms with van der Waals surface area (Å²) < 4.78 is 10.9. The number of morpholine rings is 1. The molecule has 8 heteroatoms. The number of piperidine rings is 1. The Morgan fingerprint density at radius 3 is 2.62 bits per heavy atom. The lowest BCUT2D eigenvalue weighted by Crippen LogP contribution is -2.43. The van der Waals surface area contributed by atoms with Crippen molar-refractivity contribution in [2.45, 2.75) is 52.0 Å². The van der Waals surface area contributed by atoms with E-state index in [9.17, 15) is 4.79 Å². The fraction of sp³-hybridized carbons (Fsp3) is 0.654. The van der Waals surface area contributed by atoms with Gasteiger partial charge in [-0.05, 0) is 43.3 Å². The molecule has 2 aliphatic rings. The Morgan fingerprint density at radius 1 is 1.12 bits per heavy atom. The maximum absolute atomic E-state index is 12.7.